The van der Waals surface area contributed by atoms with Gasteiger partial charge < -0.3 is 20.9 Å². The van der Waals surface area contributed by atoms with Crippen molar-refractivity contribution in [2.45, 2.75) is 0 Å². The molecule has 0 saturated heterocycles. The van der Waals surface area contributed by atoms with E-state index in [0.717, 1.165) is 22.6 Å². The molecule has 0 atom stereocenters. The predicted molar refractivity (Wildman–Crippen MR) is 88.9 cm³/mol. The molecular weight excluding hydrogens is 278 g/mol. The van der Waals surface area contributed by atoms with Crippen molar-refractivity contribution in [1.29, 1.82) is 0 Å². The van der Waals surface area contributed by atoms with Crippen molar-refractivity contribution >= 4 is 11.5 Å². The lowest BCUT2D eigenvalue weighted by molar-refractivity contribution is 0.414. The lowest BCUT2D eigenvalue weighted by atomic mass is 10.1. The van der Waals surface area contributed by atoms with Gasteiger partial charge in [0.1, 0.15) is 17.3 Å². The number of amidine groups is 1. The Morgan fingerprint density at radius 3 is 1.73 bits per heavy atom. The highest BCUT2D eigenvalue weighted by atomic mass is 16.5. The molecule has 0 amide bonds. The number of methoxy groups -OCH3 is 2. The minimum Gasteiger partial charge on any atom is -0.497 e. The van der Waals surface area contributed by atoms with Crippen LogP contribution in [0, 0.1) is 0 Å². The molecule has 0 radical (unpaired) electrons. The molecule has 0 unspecified atom stereocenters. The van der Waals surface area contributed by atoms with Crippen LogP contribution in [0.1, 0.15) is 11.1 Å². The maximum atomic E-state index is 6.00. The number of benzene rings is 2. The summed E-state index contributed by atoms with van der Waals surface area (Å²) >= 11 is 0. The monoisotopic (exact) mass is 297 g/mol. The van der Waals surface area contributed by atoms with Gasteiger partial charge in [-0.3, -0.25) is 0 Å². The van der Waals surface area contributed by atoms with Crippen molar-refractivity contribution in [3.8, 4) is 11.5 Å². The Balaban J connectivity index is 2.15. The van der Waals surface area contributed by atoms with Crippen LogP contribution < -0.4 is 20.9 Å². The third kappa shape index (κ3) is 3.79. The van der Waals surface area contributed by atoms with Crippen molar-refractivity contribution in [1.82, 2.24) is 0 Å². The topological polar surface area (TPSA) is 82.9 Å². The summed E-state index contributed by atoms with van der Waals surface area (Å²) in [7, 11) is 3.23. The quantitative estimate of drug-likeness (QED) is 0.655. The molecule has 2 rings (SSSR count). The molecule has 0 aliphatic carbocycles. The molecule has 0 aliphatic rings. The average molecular weight is 297 g/mol. The lowest BCUT2D eigenvalue weighted by Crippen LogP contribution is -2.12. The van der Waals surface area contributed by atoms with Crippen molar-refractivity contribution in [3.05, 3.63) is 65.9 Å². The second-order valence-corrected chi connectivity index (χ2v) is 4.56. The summed E-state index contributed by atoms with van der Waals surface area (Å²) in [5.41, 5.74) is 14.1. The van der Waals surface area contributed by atoms with Crippen LogP contribution in [0.25, 0.3) is 5.70 Å². The molecular formula is C17H19N3O2. The van der Waals surface area contributed by atoms with Crippen LogP contribution >= 0.6 is 0 Å². The fourth-order valence-corrected chi connectivity index (χ4v) is 1.83. The predicted octanol–water partition coefficient (Wildman–Crippen LogP) is 2.37. The van der Waals surface area contributed by atoms with Gasteiger partial charge in [0.25, 0.3) is 0 Å². The molecule has 5 nitrogen and oxygen atoms in total. The van der Waals surface area contributed by atoms with Crippen LogP contribution in [0.3, 0.4) is 0 Å². The standard InChI is InChI=1S/C17H19N3O2/c1-21-14-7-3-12(4-8-14)16(18)11-20-17(19)13-5-9-15(22-2)10-6-13/h3-11H,18H2,1-2H3,(H2,19,20)/b16-11-. The highest BCUT2D eigenvalue weighted by Gasteiger charge is 2.00. The molecule has 0 spiro atoms. The first-order valence-electron chi connectivity index (χ1n) is 6.72. The molecule has 114 valence electrons. The molecule has 22 heavy (non-hydrogen) atoms. The van der Waals surface area contributed by atoms with Crippen molar-refractivity contribution in [2.24, 2.45) is 16.5 Å². The lowest BCUT2D eigenvalue weighted by Gasteiger charge is -2.04. The zero-order chi connectivity index (χ0) is 15.9. The van der Waals surface area contributed by atoms with E-state index in [9.17, 15) is 0 Å². The average Bonchev–Trinajstić information content (AvgIpc) is 2.59. The van der Waals surface area contributed by atoms with Gasteiger partial charge in [-0.15, -0.1) is 0 Å². The molecule has 0 aliphatic heterocycles. The second kappa shape index (κ2) is 7.17. The largest absolute Gasteiger partial charge is 0.497 e. The summed E-state index contributed by atoms with van der Waals surface area (Å²) in [4.78, 5) is 4.20. The smallest absolute Gasteiger partial charge is 0.130 e. The number of nitrogens with zero attached hydrogens (tertiary/aromatic N) is 1. The maximum Gasteiger partial charge on any atom is 0.130 e. The summed E-state index contributed by atoms with van der Waals surface area (Å²) in [6.45, 7) is 0. The summed E-state index contributed by atoms with van der Waals surface area (Å²) in [5, 5.41) is 0. The summed E-state index contributed by atoms with van der Waals surface area (Å²) in [6, 6.07) is 14.7. The van der Waals surface area contributed by atoms with E-state index in [1.54, 1.807) is 20.4 Å². The van der Waals surface area contributed by atoms with Crippen LogP contribution in [0.5, 0.6) is 11.5 Å². The number of ether oxygens (including phenoxy) is 2. The Labute approximate surface area is 129 Å². The Bertz CT molecular complexity index is 613. The van der Waals surface area contributed by atoms with Crippen LogP contribution in [-0.2, 0) is 0 Å². The van der Waals surface area contributed by atoms with Gasteiger partial charge >= 0.3 is 0 Å². The van der Waals surface area contributed by atoms with Gasteiger partial charge in [-0.1, -0.05) is 0 Å². The minimum atomic E-state index is 0.388. The molecule has 0 aromatic heterocycles. The first-order chi connectivity index (χ1) is 10.6. The van der Waals surface area contributed by atoms with Crippen LogP contribution in [0.2, 0.25) is 0 Å². The Morgan fingerprint density at radius 1 is 0.818 bits per heavy atom. The van der Waals surface area contributed by atoms with Crippen molar-refractivity contribution in [3.63, 3.8) is 0 Å². The van der Waals surface area contributed by atoms with Crippen molar-refractivity contribution in [2.75, 3.05) is 14.2 Å². The number of hydrogen-bond donors (Lipinski definition) is 2. The van der Waals surface area contributed by atoms with Gasteiger partial charge in [0, 0.05) is 5.56 Å². The molecule has 0 fully saturated rings. The van der Waals surface area contributed by atoms with Gasteiger partial charge in [0.2, 0.25) is 0 Å². The molecule has 5 heteroatoms. The van der Waals surface area contributed by atoms with Gasteiger partial charge in [0.15, 0.2) is 0 Å². The number of hydrogen-bond acceptors (Lipinski definition) is 4. The molecule has 2 aromatic rings. The van der Waals surface area contributed by atoms with E-state index < -0.39 is 0 Å². The zero-order valence-electron chi connectivity index (χ0n) is 12.6. The Hall–Kier alpha value is -2.95. The fourth-order valence-electron chi connectivity index (χ4n) is 1.83. The SMILES string of the molecule is COc1ccc(C(N)=N/C=C(\N)c2ccc(OC)cc2)cc1. The maximum absolute atomic E-state index is 6.00. The first kappa shape index (κ1) is 15.4. The van der Waals surface area contributed by atoms with E-state index in [0.29, 0.717) is 11.5 Å². The highest BCUT2D eigenvalue weighted by molar-refractivity contribution is 5.98. The van der Waals surface area contributed by atoms with Crippen LogP contribution in [-0.4, -0.2) is 20.1 Å². The molecule has 0 bridgehead atoms. The first-order valence-corrected chi connectivity index (χ1v) is 6.72. The number of rotatable bonds is 5. The van der Waals surface area contributed by atoms with E-state index in [1.165, 1.54) is 0 Å². The van der Waals surface area contributed by atoms with Crippen LogP contribution in [0.15, 0.2) is 59.7 Å². The summed E-state index contributed by atoms with van der Waals surface area (Å²) in [5.74, 6) is 1.93. The van der Waals surface area contributed by atoms with E-state index in [2.05, 4.69) is 4.99 Å². The van der Waals surface area contributed by atoms with Gasteiger partial charge in [-0.25, -0.2) is 4.99 Å². The normalized spacial score (nSPS) is 12.1. The van der Waals surface area contributed by atoms with Crippen LogP contribution in [0.4, 0.5) is 0 Å². The zero-order valence-corrected chi connectivity index (χ0v) is 12.6. The van der Waals surface area contributed by atoms with E-state index in [-0.39, 0.29) is 0 Å². The Kier molecular flexibility index (Phi) is 5.03. The Morgan fingerprint density at radius 2 is 1.27 bits per heavy atom. The van der Waals surface area contributed by atoms with Crippen molar-refractivity contribution < 1.29 is 9.47 Å². The van der Waals surface area contributed by atoms with E-state index in [4.69, 9.17) is 20.9 Å². The van der Waals surface area contributed by atoms with Gasteiger partial charge in [0.05, 0.1) is 26.1 Å². The third-order valence-corrected chi connectivity index (χ3v) is 3.15. The van der Waals surface area contributed by atoms with E-state index >= 15 is 0 Å². The number of aliphatic imine (C=N–C) groups is 1. The molecule has 2 aromatic carbocycles. The minimum absolute atomic E-state index is 0.388. The fraction of sp³-hybridized carbons (Fsp3) is 0.118. The van der Waals surface area contributed by atoms with E-state index in [1.807, 2.05) is 48.5 Å². The molecule has 0 heterocycles. The van der Waals surface area contributed by atoms with Gasteiger partial charge in [-0.2, -0.15) is 0 Å². The molecule has 4 N–H and O–H groups in total. The van der Waals surface area contributed by atoms with Gasteiger partial charge in [-0.05, 0) is 54.1 Å². The second-order valence-electron chi connectivity index (χ2n) is 4.56. The third-order valence-electron chi connectivity index (χ3n) is 3.15. The summed E-state index contributed by atoms with van der Waals surface area (Å²) < 4.78 is 10.2. The molecule has 0 saturated carbocycles. The number of nitrogens with two attached hydrogens (primary N) is 2. The highest BCUT2D eigenvalue weighted by Crippen LogP contribution is 2.16. The summed E-state index contributed by atoms with van der Waals surface area (Å²) in [6.07, 6.45) is 1.54.